The lowest BCUT2D eigenvalue weighted by Gasteiger charge is -2.48. The van der Waals surface area contributed by atoms with Gasteiger partial charge in [-0.1, -0.05) is 32.9 Å². The maximum atomic E-state index is 13.2. The smallest absolute Gasteiger partial charge is 0.336 e. The molecule has 0 amide bonds. The van der Waals surface area contributed by atoms with E-state index in [1.165, 1.54) is 0 Å². The molecule has 2 bridgehead atoms. The second-order valence-electron chi connectivity index (χ2n) is 8.88. The van der Waals surface area contributed by atoms with Crippen LogP contribution in [-0.4, -0.2) is 29.6 Å². The molecule has 4 aliphatic rings. The normalized spacial score (nSPS) is 53.0. The van der Waals surface area contributed by atoms with Crippen LogP contribution < -0.4 is 0 Å². The number of Topliss-reactive ketones (excluding diaryl/α,β-unsaturated/α-hetero) is 1. The first-order valence-corrected chi connectivity index (χ1v) is 8.84. The van der Waals surface area contributed by atoms with Crippen LogP contribution in [0.4, 0.5) is 0 Å². The minimum atomic E-state index is -0.578. The van der Waals surface area contributed by atoms with Gasteiger partial charge in [-0.25, -0.2) is 4.79 Å². The quantitative estimate of drug-likeness (QED) is 0.421. The number of esters is 1. The Balaban J connectivity index is 1.89. The highest BCUT2D eigenvalue weighted by Gasteiger charge is 2.77. The van der Waals surface area contributed by atoms with E-state index in [1.54, 1.807) is 6.08 Å². The standard InChI is InChI=1S/C20H26O4/c1-7-10-13-14(23-17(10)22)15-19(5)9-11(20(15,6)24-13)16(21)18(3,4)12(19)8-2/h7-8,11-15H,2,9H2,1,3-6H3/b10-7+/t11?,12?,13?,14?,15?,19-,20?/m1/s1. The molecule has 2 aliphatic carbocycles. The molecule has 0 N–H and O–H groups in total. The minimum absolute atomic E-state index is 0.00937. The molecule has 0 spiro atoms. The van der Waals surface area contributed by atoms with Gasteiger partial charge in [-0.3, -0.25) is 4.79 Å². The third-order valence-electron chi connectivity index (χ3n) is 7.44. The average molecular weight is 330 g/mol. The van der Waals surface area contributed by atoms with Crippen molar-refractivity contribution in [2.75, 3.05) is 0 Å². The summed E-state index contributed by atoms with van der Waals surface area (Å²) in [6, 6.07) is 0. The Kier molecular flexibility index (Phi) is 2.95. The number of ketones is 1. The van der Waals surface area contributed by atoms with Gasteiger partial charge in [0, 0.05) is 17.3 Å². The Labute approximate surface area is 143 Å². The third kappa shape index (κ3) is 1.50. The summed E-state index contributed by atoms with van der Waals surface area (Å²) in [6.45, 7) is 14.2. The summed E-state index contributed by atoms with van der Waals surface area (Å²) in [4.78, 5) is 25.4. The molecule has 0 radical (unpaired) electrons. The highest BCUT2D eigenvalue weighted by atomic mass is 16.6. The summed E-state index contributed by atoms with van der Waals surface area (Å²) < 4.78 is 12.2. The molecule has 24 heavy (non-hydrogen) atoms. The molecule has 2 heterocycles. The van der Waals surface area contributed by atoms with Crippen molar-refractivity contribution >= 4 is 11.8 Å². The Hall–Kier alpha value is -1.42. The molecule has 4 heteroatoms. The molecule has 4 nitrogen and oxygen atoms in total. The van der Waals surface area contributed by atoms with Gasteiger partial charge < -0.3 is 9.47 Å². The van der Waals surface area contributed by atoms with Crippen molar-refractivity contribution in [3.8, 4) is 0 Å². The molecule has 4 fully saturated rings. The molecule has 0 aromatic rings. The van der Waals surface area contributed by atoms with Gasteiger partial charge >= 0.3 is 5.97 Å². The van der Waals surface area contributed by atoms with Crippen molar-refractivity contribution in [2.24, 2.45) is 28.6 Å². The van der Waals surface area contributed by atoms with Crippen molar-refractivity contribution in [3.05, 3.63) is 24.3 Å². The van der Waals surface area contributed by atoms with Crippen LogP contribution in [0.5, 0.6) is 0 Å². The molecule has 0 aromatic heterocycles. The fourth-order valence-electron chi connectivity index (χ4n) is 6.64. The van der Waals surface area contributed by atoms with Gasteiger partial charge in [0.05, 0.1) is 11.2 Å². The van der Waals surface area contributed by atoms with Gasteiger partial charge in [-0.15, -0.1) is 6.58 Å². The average Bonchev–Trinajstić information content (AvgIpc) is 3.00. The maximum absolute atomic E-state index is 13.2. The highest BCUT2D eigenvalue weighted by Crippen LogP contribution is 2.71. The summed E-state index contributed by atoms with van der Waals surface area (Å²) in [6.07, 6.45) is 3.85. The first-order chi connectivity index (χ1) is 11.1. The van der Waals surface area contributed by atoms with E-state index in [1.807, 2.05) is 33.8 Å². The van der Waals surface area contributed by atoms with Gasteiger partial charge in [-0.2, -0.15) is 0 Å². The lowest BCUT2D eigenvalue weighted by atomic mass is 9.54. The number of carbonyl (C=O) groups excluding carboxylic acids is 2. The van der Waals surface area contributed by atoms with Gasteiger partial charge in [0.2, 0.25) is 0 Å². The van der Waals surface area contributed by atoms with E-state index < -0.39 is 11.0 Å². The number of ether oxygens (including phenoxy) is 2. The highest BCUT2D eigenvalue weighted by molar-refractivity contribution is 5.93. The molecular formula is C20H26O4. The molecule has 2 saturated heterocycles. The van der Waals surface area contributed by atoms with E-state index in [0.717, 1.165) is 6.42 Å². The summed E-state index contributed by atoms with van der Waals surface area (Å²) in [5.41, 5.74) is -0.622. The number of rotatable bonds is 1. The van der Waals surface area contributed by atoms with Crippen LogP contribution in [0.25, 0.3) is 0 Å². The first kappa shape index (κ1) is 16.1. The zero-order valence-electron chi connectivity index (χ0n) is 15.1. The molecule has 7 atom stereocenters. The fourth-order valence-corrected chi connectivity index (χ4v) is 6.64. The number of carbonyl (C=O) groups is 2. The van der Waals surface area contributed by atoms with Crippen LogP contribution in [0.2, 0.25) is 0 Å². The van der Waals surface area contributed by atoms with E-state index in [9.17, 15) is 9.59 Å². The molecule has 6 unspecified atom stereocenters. The molecule has 0 aromatic carbocycles. The zero-order valence-corrected chi connectivity index (χ0v) is 15.1. The summed E-state index contributed by atoms with van der Waals surface area (Å²) in [5, 5.41) is 0. The number of hydrogen-bond acceptors (Lipinski definition) is 4. The maximum Gasteiger partial charge on any atom is 0.336 e. The van der Waals surface area contributed by atoms with Crippen LogP contribution >= 0.6 is 0 Å². The van der Waals surface area contributed by atoms with Gasteiger partial charge in [0.25, 0.3) is 0 Å². The zero-order chi connectivity index (χ0) is 17.7. The largest absolute Gasteiger partial charge is 0.455 e. The van der Waals surface area contributed by atoms with Crippen LogP contribution in [-0.2, 0) is 19.1 Å². The SMILES string of the molecule is C=CC1C(C)(C)C(=O)C2C[C@@]1(C)C1C3OC(=O)/C(=C/C)C3OC21C. The lowest BCUT2D eigenvalue weighted by molar-refractivity contribution is -0.148. The van der Waals surface area contributed by atoms with E-state index in [0.29, 0.717) is 5.57 Å². The third-order valence-corrected chi connectivity index (χ3v) is 7.44. The van der Waals surface area contributed by atoms with Crippen molar-refractivity contribution < 1.29 is 19.1 Å². The number of hydrogen-bond donors (Lipinski definition) is 0. The molecule has 2 saturated carbocycles. The Bertz CT molecular complexity index is 690. The predicted molar refractivity (Wildman–Crippen MR) is 89.1 cm³/mol. The van der Waals surface area contributed by atoms with E-state index in [4.69, 9.17) is 9.47 Å². The lowest BCUT2D eigenvalue weighted by Crippen LogP contribution is -2.50. The van der Waals surface area contributed by atoms with Crippen molar-refractivity contribution in [2.45, 2.75) is 58.8 Å². The Morgan fingerprint density at radius 1 is 1.21 bits per heavy atom. The number of fused-ring (bicyclic) bond motifs is 7. The summed E-state index contributed by atoms with van der Waals surface area (Å²) in [5.74, 6) is -0.129. The monoisotopic (exact) mass is 330 g/mol. The second-order valence-corrected chi connectivity index (χ2v) is 8.88. The van der Waals surface area contributed by atoms with Crippen molar-refractivity contribution in [1.82, 2.24) is 0 Å². The number of allylic oxidation sites excluding steroid dienone is 2. The van der Waals surface area contributed by atoms with Gasteiger partial charge in [0.1, 0.15) is 18.0 Å². The fraction of sp³-hybridized carbons (Fsp3) is 0.700. The molecule has 2 aliphatic heterocycles. The molecular weight excluding hydrogens is 304 g/mol. The molecule has 4 rings (SSSR count). The van der Waals surface area contributed by atoms with E-state index in [2.05, 4.69) is 13.5 Å². The Morgan fingerprint density at radius 3 is 2.46 bits per heavy atom. The van der Waals surface area contributed by atoms with Crippen LogP contribution in [0.15, 0.2) is 24.3 Å². The minimum Gasteiger partial charge on any atom is -0.455 e. The van der Waals surface area contributed by atoms with Gasteiger partial charge in [0.15, 0.2) is 0 Å². The molecule has 130 valence electrons. The summed E-state index contributed by atoms with van der Waals surface area (Å²) >= 11 is 0. The summed E-state index contributed by atoms with van der Waals surface area (Å²) in [7, 11) is 0. The van der Waals surface area contributed by atoms with Crippen molar-refractivity contribution in [1.29, 1.82) is 0 Å². The predicted octanol–water partition coefficient (Wildman–Crippen LogP) is 3.07. The van der Waals surface area contributed by atoms with Crippen molar-refractivity contribution in [3.63, 3.8) is 0 Å². The van der Waals surface area contributed by atoms with Crippen LogP contribution in [0, 0.1) is 28.6 Å². The topological polar surface area (TPSA) is 52.6 Å². The van der Waals surface area contributed by atoms with Gasteiger partial charge in [-0.05, 0) is 31.6 Å². The van der Waals surface area contributed by atoms with E-state index >= 15 is 0 Å². The van der Waals surface area contributed by atoms with Crippen LogP contribution in [0.1, 0.15) is 41.0 Å². The Morgan fingerprint density at radius 2 is 1.88 bits per heavy atom. The van der Waals surface area contributed by atoms with E-state index in [-0.39, 0.29) is 47.1 Å². The first-order valence-electron chi connectivity index (χ1n) is 8.84. The second kappa shape index (κ2) is 4.40. The van der Waals surface area contributed by atoms with Crippen LogP contribution in [0.3, 0.4) is 0 Å².